The van der Waals surface area contributed by atoms with E-state index in [9.17, 15) is 4.79 Å². The van der Waals surface area contributed by atoms with Gasteiger partial charge in [-0.1, -0.05) is 178 Å². The van der Waals surface area contributed by atoms with Crippen LogP contribution < -0.4 is 4.74 Å². The molecule has 48 heavy (non-hydrogen) atoms. The minimum absolute atomic E-state index is 0.0833. The summed E-state index contributed by atoms with van der Waals surface area (Å²) in [5.74, 6) is 0.804. The normalized spacial score (nSPS) is 12.6. The maximum atomic E-state index is 13.1. The summed E-state index contributed by atoms with van der Waals surface area (Å²) < 4.78 is 12.1. The molecule has 264 valence electrons. The van der Waals surface area contributed by atoms with E-state index in [0.29, 0.717) is 17.2 Å². The van der Waals surface area contributed by atoms with E-state index in [4.69, 9.17) is 9.47 Å². The molecule has 0 saturated heterocycles. The Hall–Kier alpha value is -2.91. The number of hydrogen-bond acceptors (Lipinski definition) is 3. The fourth-order valence-electron chi connectivity index (χ4n) is 6.72. The van der Waals surface area contributed by atoms with Gasteiger partial charge in [-0.25, -0.2) is 4.79 Å². The first kappa shape index (κ1) is 39.5. The Labute approximate surface area is 294 Å². The second-order valence-corrected chi connectivity index (χ2v) is 13.9. The Kier molecular flexibility index (Phi) is 20.0. The second kappa shape index (κ2) is 24.3. The van der Waals surface area contributed by atoms with Gasteiger partial charge < -0.3 is 9.47 Å². The molecule has 0 N–H and O–H groups in total. The number of carbonyl (C=O) groups is 1. The van der Waals surface area contributed by atoms with Crippen molar-refractivity contribution >= 4 is 5.97 Å². The molecular weight excluding hydrogens is 588 g/mol. The third kappa shape index (κ3) is 14.7. The average molecular weight is 655 g/mol. The number of rotatable bonds is 26. The van der Waals surface area contributed by atoms with E-state index >= 15 is 0 Å². The van der Waals surface area contributed by atoms with Gasteiger partial charge in [0.2, 0.25) is 0 Å². The van der Waals surface area contributed by atoms with Crippen molar-refractivity contribution in [3.05, 3.63) is 89.5 Å². The van der Waals surface area contributed by atoms with Crippen LogP contribution in [-0.4, -0.2) is 12.6 Å². The summed E-state index contributed by atoms with van der Waals surface area (Å²) in [7, 11) is 0. The van der Waals surface area contributed by atoms with Gasteiger partial charge in [0.25, 0.3) is 0 Å². The molecule has 0 aliphatic heterocycles. The van der Waals surface area contributed by atoms with Gasteiger partial charge in [0.1, 0.15) is 5.75 Å². The molecule has 0 fully saturated rings. The molecule has 3 rings (SSSR count). The number of benzene rings is 3. The second-order valence-electron chi connectivity index (χ2n) is 13.9. The maximum Gasteiger partial charge on any atom is 0.343 e. The Morgan fingerprint density at radius 3 is 1.65 bits per heavy atom. The minimum Gasteiger partial charge on any atom is -0.423 e. The van der Waals surface area contributed by atoms with Gasteiger partial charge in [0.05, 0.1) is 11.7 Å². The Morgan fingerprint density at radius 1 is 0.562 bits per heavy atom. The lowest BCUT2D eigenvalue weighted by Crippen LogP contribution is -2.11. The summed E-state index contributed by atoms with van der Waals surface area (Å²) in [5, 5.41) is 0. The zero-order valence-electron chi connectivity index (χ0n) is 30.9. The molecule has 0 saturated carbocycles. The van der Waals surface area contributed by atoms with Crippen molar-refractivity contribution in [1.29, 1.82) is 0 Å². The van der Waals surface area contributed by atoms with Crippen LogP contribution in [0.15, 0.2) is 72.8 Å². The van der Waals surface area contributed by atoms with Crippen LogP contribution >= 0.6 is 0 Å². The van der Waals surface area contributed by atoms with E-state index < -0.39 is 0 Å². The molecule has 0 amide bonds. The zero-order chi connectivity index (χ0) is 34.2. The number of para-hydroxylation sites is 1. The third-order valence-electron chi connectivity index (χ3n) is 9.80. The summed E-state index contributed by atoms with van der Waals surface area (Å²) in [4.78, 5) is 13.1. The van der Waals surface area contributed by atoms with Crippen LogP contribution in [0.1, 0.15) is 183 Å². The molecule has 0 bridgehead atoms. The summed E-state index contributed by atoms with van der Waals surface area (Å²) in [6, 6.07) is 24.4. The van der Waals surface area contributed by atoms with Crippen molar-refractivity contribution in [1.82, 2.24) is 0 Å². The molecule has 3 aromatic carbocycles. The smallest absolute Gasteiger partial charge is 0.343 e. The molecule has 2 unspecified atom stereocenters. The predicted octanol–water partition coefficient (Wildman–Crippen LogP) is 14.2. The largest absolute Gasteiger partial charge is 0.423 e. The monoisotopic (exact) mass is 655 g/mol. The highest BCUT2D eigenvalue weighted by Gasteiger charge is 2.18. The first-order valence-corrected chi connectivity index (χ1v) is 19.7. The fraction of sp³-hybridized carbons (Fsp3) is 0.578. The lowest BCUT2D eigenvalue weighted by Gasteiger charge is -2.19. The quantitative estimate of drug-likeness (QED) is 0.0491. The molecular formula is C45H66O3. The molecule has 0 heterocycles. The van der Waals surface area contributed by atoms with Crippen molar-refractivity contribution in [3.63, 3.8) is 0 Å². The predicted molar refractivity (Wildman–Crippen MR) is 205 cm³/mol. The topological polar surface area (TPSA) is 35.5 Å². The highest BCUT2D eigenvalue weighted by molar-refractivity contribution is 5.91. The van der Waals surface area contributed by atoms with Crippen molar-refractivity contribution in [2.24, 2.45) is 0 Å². The minimum atomic E-state index is -0.306. The van der Waals surface area contributed by atoms with Gasteiger partial charge in [-0.15, -0.1) is 0 Å². The highest BCUT2D eigenvalue weighted by Crippen LogP contribution is 2.34. The molecule has 0 spiro atoms. The van der Waals surface area contributed by atoms with Crippen LogP contribution in [0.5, 0.6) is 5.75 Å². The van der Waals surface area contributed by atoms with Gasteiger partial charge in [-0.3, -0.25) is 0 Å². The van der Waals surface area contributed by atoms with Crippen LogP contribution in [0.4, 0.5) is 0 Å². The number of unbranched alkanes of at least 4 members (excludes halogenated alkanes) is 14. The standard InChI is InChI=1S/C45H66O3/c1-5-8-10-11-12-13-14-15-16-17-18-19-20-23-36-47-37(4)38-28-30-39(31-29-38)40-32-34-42(35-33-40)45(46)48-44-27-22-21-26-43(44)41(24-7-3)25-9-6-2/h21-22,26-35,37,41H,5-20,23-25,36H2,1-4H3. The fourth-order valence-corrected chi connectivity index (χ4v) is 6.72. The van der Waals surface area contributed by atoms with Gasteiger partial charge in [0, 0.05) is 6.61 Å². The van der Waals surface area contributed by atoms with Gasteiger partial charge >= 0.3 is 5.97 Å². The van der Waals surface area contributed by atoms with Crippen LogP contribution in [0, 0.1) is 0 Å². The molecule has 0 radical (unpaired) electrons. The first-order valence-electron chi connectivity index (χ1n) is 19.7. The molecule has 2 atom stereocenters. The summed E-state index contributed by atoms with van der Waals surface area (Å²) in [6.07, 6.45) is 25.0. The lowest BCUT2D eigenvalue weighted by molar-refractivity contribution is 0.0627. The van der Waals surface area contributed by atoms with Gasteiger partial charge in [-0.05, 0) is 72.6 Å². The number of ether oxygens (including phenoxy) is 2. The average Bonchev–Trinajstić information content (AvgIpc) is 3.12. The van der Waals surface area contributed by atoms with E-state index in [1.165, 1.54) is 102 Å². The van der Waals surface area contributed by atoms with Crippen LogP contribution in [0.3, 0.4) is 0 Å². The molecule has 0 aliphatic rings. The van der Waals surface area contributed by atoms with Crippen molar-refractivity contribution in [2.75, 3.05) is 6.61 Å². The molecule has 0 aliphatic carbocycles. The first-order chi connectivity index (χ1) is 23.6. The van der Waals surface area contributed by atoms with E-state index in [1.54, 1.807) is 0 Å². The van der Waals surface area contributed by atoms with Crippen molar-refractivity contribution in [2.45, 2.75) is 162 Å². The Bertz CT molecular complexity index is 1250. The Balaban J connectivity index is 1.36. The maximum absolute atomic E-state index is 13.1. The summed E-state index contributed by atoms with van der Waals surface area (Å²) in [5.41, 5.74) is 5.12. The summed E-state index contributed by atoms with van der Waals surface area (Å²) >= 11 is 0. The summed E-state index contributed by atoms with van der Waals surface area (Å²) in [6.45, 7) is 9.70. The Morgan fingerprint density at radius 2 is 1.08 bits per heavy atom. The van der Waals surface area contributed by atoms with Crippen molar-refractivity contribution < 1.29 is 14.3 Å². The van der Waals surface area contributed by atoms with Gasteiger partial charge in [-0.2, -0.15) is 0 Å². The zero-order valence-corrected chi connectivity index (χ0v) is 30.9. The SMILES string of the molecule is CCCCCCCCCCCCCCCCOC(C)c1ccc(-c2ccc(C(=O)Oc3ccccc3C(CCC)CCCC)cc2)cc1. The van der Waals surface area contributed by atoms with E-state index in [0.717, 1.165) is 49.0 Å². The molecule has 3 aromatic rings. The van der Waals surface area contributed by atoms with Crippen molar-refractivity contribution in [3.8, 4) is 16.9 Å². The third-order valence-corrected chi connectivity index (χ3v) is 9.80. The van der Waals surface area contributed by atoms with E-state index in [1.807, 2.05) is 36.4 Å². The molecule has 0 aromatic heterocycles. The van der Waals surface area contributed by atoms with E-state index in [2.05, 4.69) is 64.1 Å². The van der Waals surface area contributed by atoms with E-state index in [-0.39, 0.29) is 12.1 Å². The number of hydrogen-bond donors (Lipinski definition) is 0. The number of esters is 1. The molecule has 3 nitrogen and oxygen atoms in total. The molecule has 3 heteroatoms. The highest BCUT2D eigenvalue weighted by atomic mass is 16.5. The van der Waals surface area contributed by atoms with Crippen LogP contribution in [-0.2, 0) is 4.74 Å². The lowest BCUT2D eigenvalue weighted by atomic mass is 9.89. The van der Waals surface area contributed by atoms with Gasteiger partial charge in [0.15, 0.2) is 0 Å². The number of carbonyl (C=O) groups excluding carboxylic acids is 1. The van der Waals surface area contributed by atoms with Crippen LogP contribution in [0.2, 0.25) is 0 Å². The van der Waals surface area contributed by atoms with Crippen LogP contribution in [0.25, 0.3) is 11.1 Å².